The van der Waals surface area contributed by atoms with Gasteiger partial charge in [0.25, 0.3) is 0 Å². The van der Waals surface area contributed by atoms with E-state index in [1.165, 1.54) is 18.2 Å². The van der Waals surface area contributed by atoms with Gasteiger partial charge in [-0.3, -0.25) is 0 Å². The van der Waals surface area contributed by atoms with Crippen LogP contribution in [-0.2, 0) is 22.0 Å². The number of nitrogens with zero attached hydrogens (tertiary/aromatic N) is 2. The van der Waals surface area contributed by atoms with Crippen molar-refractivity contribution in [3.05, 3.63) is 82.4 Å². The van der Waals surface area contributed by atoms with Crippen molar-refractivity contribution < 1.29 is 31.5 Å². The highest BCUT2D eigenvalue weighted by molar-refractivity contribution is 7.90. The van der Waals surface area contributed by atoms with Crippen molar-refractivity contribution in [1.82, 2.24) is 9.78 Å². The van der Waals surface area contributed by atoms with Gasteiger partial charge in [-0.25, -0.2) is 31.1 Å². The van der Waals surface area contributed by atoms with Gasteiger partial charge in [0, 0.05) is 17.5 Å². The van der Waals surface area contributed by atoms with Crippen LogP contribution in [-0.4, -0.2) is 35.0 Å². The minimum Gasteiger partial charge on any atom is -0.476 e. The number of hydrogen-bond donors (Lipinski definition) is 1. The van der Waals surface area contributed by atoms with Crippen molar-refractivity contribution in [1.29, 1.82) is 0 Å². The molecule has 1 unspecified atom stereocenters. The number of aromatic nitrogens is 2. The minimum absolute atomic E-state index is 0.0427. The van der Waals surface area contributed by atoms with Crippen LogP contribution in [0, 0.1) is 17.5 Å². The van der Waals surface area contributed by atoms with Gasteiger partial charge < -0.3 is 5.11 Å². The quantitative estimate of drug-likeness (QED) is 0.678. The van der Waals surface area contributed by atoms with E-state index in [1.807, 2.05) is 0 Å². The van der Waals surface area contributed by atoms with E-state index in [1.54, 1.807) is 6.07 Å². The molecule has 10 heteroatoms. The van der Waals surface area contributed by atoms with E-state index >= 15 is 0 Å². The lowest BCUT2D eigenvalue weighted by Crippen LogP contribution is -2.27. The summed E-state index contributed by atoms with van der Waals surface area (Å²) in [6.45, 7) is 0. The lowest BCUT2D eigenvalue weighted by atomic mass is 9.94. The van der Waals surface area contributed by atoms with E-state index in [9.17, 15) is 31.5 Å². The molecule has 0 amide bonds. The molecule has 1 aliphatic heterocycles. The number of fused-ring (bicyclic) bond motifs is 1. The van der Waals surface area contributed by atoms with Crippen LogP contribution < -0.4 is 0 Å². The number of aromatic carboxylic acids is 1. The average molecular weight is 436 g/mol. The summed E-state index contributed by atoms with van der Waals surface area (Å²) in [5, 5.41) is 13.5. The molecule has 0 fully saturated rings. The van der Waals surface area contributed by atoms with E-state index in [0.29, 0.717) is 11.6 Å². The molecule has 3 aromatic rings. The maximum absolute atomic E-state index is 14.5. The van der Waals surface area contributed by atoms with E-state index in [0.717, 1.165) is 16.8 Å². The van der Waals surface area contributed by atoms with Crippen molar-refractivity contribution in [2.24, 2.45) is 0 Å². The fraction of sp³-hybridized carbons (Fsp3) is 0.200. The number of carboxylic acids is 1. The lowest BCUT2D eigenvalue weighted by molar-refractivity contribution is 0.0689. The van der Waals surface area contributed by atoms with Crippen molar-refractivity contribution >= 4 is 15.8 Å². The van der Waals surface area contributed by atoms with Crippen molar-refractivity contribution in [2.75, 3.05) is 5.75 Å². The maximum Gasteiger partial charge on any atom is 0.356 e. The number of carbonyl (C=O) groups is 1. The second kappa shape index (κ2) is 7.28. The van der Waals surface area contributed by atoms with E-state index in [-0.39, 0.29) is 29.1 Å². The summed E-state index contributed by atoms with van der Waals surface area (Å²) in [5.74, 6) is -5.48. The maximum atomic E-state index is 14.5. The molecule has 2 heterocycles. The van der Waals surface area contributed by atoms with Gasteiger partial charge in [-0.2, -0.15) is 5.10 Å². The zero-order chi connectivity index (χ0) is 21.6. The molecule has 1 N–H and O–H groups in total. The lowest BCUT2D eigenvalue weighted by Gasteiger charge is -2.25. The molecule has 0 bridgehead atoms. The van der Waals surface area contributed by atoms with Crippen LogP contribution in [0.5, 0.6) is 0 Å². The smallest absolute Gasteiger partial charge is 0.356 e. The zero-order valence-corrected chi connectivity index (χ0v) is 16.2. The Morgan fingerprint density at radius 2 is 1.87 bits per heavy atom. The fourth-order valence-electron chi connectivity index (χ4n) is 3.80. The Balaban J connectivity index is 1.93. The Morgan fingerprint density at radius 3 is 2.53 bits per heavy atom. The molecule has 4 rings (SSSR count). The Morgan fingerprint density at radius 1 is 1.13 bits per heavy atom. The van der Waals surface area contributed by atoms with E-state index in [2.05, 4.69) is 5.10 Å². The molecule has 0 saturated heterocycles. The van der Waals surface area contributed by atoms with Crippen molar-refractivity contribution in [2.45, 2.75) is 18.1 Å². The molecule has 1 atom stereocenters. The highest BCUT2D eigenvalue weighted by Crippen LogP contribution is 2.36. The van der Waals surface area contributed by atoms with Gasteiger partial charge in [-0.05, 0) is 36.2 Å². The largest absolute Gasteiger partial charge is 0.476 e. The Hall–Kier alpha value is -3.14. The second-order valence-corrected chi connectivity index (χ2v) is 9.22. The number of hydrogen-bond acceptors (Lipinski definition) is 4. The zero-order valence-electron chi connectivity index (χ0n) is 15.3. The summed E-state index contributed by atoms with van der Waals surface area (Å²) in [4.78, 5) is 11.7. The third-order valence-electron chi connectivity index (χ3n) is 4.94. The third-order valence-corrected chi connectivity index (χ3v) is 6.58. The summed E-state index contributed by atoms with van der Waals surface area (Å²) in [5.41, 5.74) is -0.0620. The van der Waals surface area contributed by atoms with Gasteiger partial charge in [0.1, 0.15) is 17.3 Å². The SMILES string of the molecule is O=C(O)c1nn(-c2ccc(F)cc2F)c2c1CS(=O)(=O)CC2Cc1cccc(F)c1. The molecular weight excluding hydrogens is 421 g/mol. The molecule has 2 aromatic carbocycles. The standard InChI is InChI=1S/C20H15F3N2O4S/c21-13-3-1-2-11(7-13)6-12-9-30(28,29)10-15-18(20(26)27)24-25(19(12)15)17-5-4-14(22)8-16(17)23/h1-5,7-8,12H,6,9-10H2,(H,26,27). The van der Waals surface area contributed by atoms with E-state index in [4.69, 9.17) is 0 Å². The van der Waals surface area contributed by atoms with Gasteiger partial charge in [0.15, 0.2) is 21.3 Å². The summed E-state index contributed by atoms with van der Waals surface area (Å²) in [6.07, 6.45) is 0.0670. The summed E-state index contributed by atoms with van der Waals surface area (Å²) < 4.78 is 67.4. The predicted octanol–water partition coefficient (Wildman–Crippen LogP) is 3.24. The normalized spacial score (nSPS) is 17.5. The molecule has 0 aliphatic carbocycles. The summed E-state index contributed by atoms with van der Waals surface area (Å²) in [7, 11) is -3.68. The van der Waals surface area contributed by atoms with Crippen LogP contribution in [0.15, 0.2) is 42.5 Å². The first kappa shape index (κ1) is 20.1. The highest BCUT2D eigenvalue weighted by atomic mass is 32.2. The van der Waals surface area contributed by atoms with Gasteiger partial charge in [0.05, 0.1) is 17.2 Å². The number of sulfone groups is 1. The second-order valence-electron chi connectivity index (χ2n) is 7.11. The summed E-state index contributed by atoms with van der Waals surface area (Å²) >= 11 is 0. The van der Waals surface area contributed by atoms with Crippen LogP contribution in [0.2, 0.25) is 0 Å². The first-order valence-electron chi connectivity index (χ1n) is 8.90. The van der Waals surface area contributed by atoms with E-state index < -0.39 is 50.6 Å². The van der Waals surface area contributed by atoms with Gasteiger partial charge in [-0.15, -0.1) is 0 Å². The van der Waals surface area contributed by atoms with Crippen LogP contribution in [0.1, 0.15) is 33.2 Å². The molecule has 0 saturated carbocycles. The number of benzene rings is 2. The molecular formula is C20H15F3N2O4S. The molecule has 0 spiro atoms. The fourth-order valence-corrected chi connectivity index (χ4v) is 5.53. The van der Waals surface area contributed by atoms with Gasteiger partial charge in [-0.1, -0.05) is 12.1 Å². The first-order chi connectivity index (χ1) is 14.1. The van der Waals surface area contributed by atoms with Crippen LogP contribution in [0.4, 0.5) is 13.2 Å². The third kappa shape index (κ3) is 3.70. The number of rotatable bonds is 4. The van der Waals surface area contributed by atoms with Crippen LogP contribution in [0.25, 0.3) is 5.69 Å². The Kier molecular flexibility index (Phi) is 4.89. The van der Waals surface area contributed by atoms with Gasteiger partial charge in [0.2, 0.25) is 0 Å². The minimum atomic E-state index is -3.68. The Labute approximate surface area is 169 Å². The van der Waals surface area contributed by atoms with Crippen LogP contribution >= 0.6 is 0 Å². The average Bonchev–Trinajstić information content (AvgIpc) is 3.00. The highest BCUT2D eigenvalue weighted by Gasteiger charge is 2.38. The molecule has 156 valence electrons. The number of halogens is 3. The molecule has 1 aromatic heterocycles. The first-order valence-corrected chi connectivity index (χ1v) is 10.7. The molecule has 6 nitrogen and oxygen atoms in total. The Bertz CT molecular complexity index is 1270. The molecule has 1 aliphatic rings. The topological polar surface area (TPSA) is 89.3 Å². The molecule has 30 heavy (non-hydrogen) atoms. The van der Waals surface area contributed by atoms with Gasteiger partial charge >= 0.3 is 5.97 Å². The number of carboxylic acid groups (broad SMARTS) is 1. The van der Waals surface area contributed by atoms with Crippen molar-refractivity contribution in [3.8, 4) is 5.69 Å². The van der Waals surface area contributed by atoms with Crippen molar-refractivity contribution in [3.63, 3.8) is 0 Å². The summed E-state index contributed by atoms with van der Waals surface area (Å²) in [6, 6.07) is 8.31. The van der Waals surface area contributed by atoms with Crippen LogP contribution in [0.3, 0.4) is 0 Å². The molecule has 0 radical (unpaired) electrons. The predicted molar refractivity (Wildman–Crippen MR) is 101 cm³/mol. The monoisotopic (exact) mass is 436 g/mol.